The van der Waals surface area contributed by atoms with Crippen molar-refractivity contribution < 1.29 is 38.8 Å². The molecule has 0 aromatic carbocycles. The molecule has 2 aliphatic heterocycles. The van der Waals surface area contributed by atoms with Crippen LogP contribution in [-0.4, -0.2) is 86.4 Å². The highest BCUT2D eigenvalue weighted by molar-refractivity contribution is 8.00. The lowest BCUT2D eigenvalue weighted by molar-refractivity contribution is -0.689. The van der Waals surface area contributed by atoms with Crippen molar-refractivity contribution in [3.63, 3.8) is 0 Å². The fourth-order valence-electron chi connectivity index (χ4n) is 4.30. The van der Waals surface area contributed by atoms with Crippen LogP contribution in [0.5, 0.6) is 0 Å². The summed E-state index contributed by atoms with van der Waals surface area (Å²) >= 11 is 8.32. The molecular weight excluding hydrogens is 610 g/mol. The van der Waals surface area contributed by atoms with E-state index >= 15 is 0 Å². The Morgan fingerprint density at radius 1 is 1.33 bits per heavy atom. The number of carbonyl (C=O) groups is 4. The Hall–Kier alpha value is -3.73. The van der Waals surface area contributed by atoms with Crippen molar-refractivity contribution in [1.82, 2.24) is 20.5 Å². The Morgan fingerprint density at radius 3 is 2.64 bits per heavy atom. The van der Waals surface area contributed by atoms with Gasteiger partial charge in [0.1, 0.15) is 27.1 Å². The highest BCUT2D eigenvalue weighted by Gasteiger charge is 2.55. The van der Waals surface area contributed by atoms with Crippen molar-refractivity contribution in [2.24, 2.45) is 5.16 Å². The monoisotopic (exact) mass is 638 g/mol. The minimum atomic E-state index is -1.40. The predicted molar refractivity (Wildman–Crippen MR) is 155 cm³/mol. The topological polar surface area (TPSA) is 200 Å². The highest BCUT2D eigenvalue weighted by atomic mass is 35.5. The molecule has 224 valence electrons. The van der Waals surface area contributed by atoms with Crippen LogP contribution >= 0.6 is 34.7 Å². The molecule has 17 heteroatoms. The number of hydrogen-bond acceptors (Lipinski definition) is 11. The predicted octanol–water partition coefficient (Wildman–Crippen LogP) is 0.451. The van der Waals surface area contributed by atoms with Gasteiger partial charge in [-0.05, 0) is 38.9 Å². The second-order valence-electron chi connectivity index (χ2n) is 9.40. The summed E-state index contributed by atoms with van der Waals surface area (Å²) < 4.78 is 1.86. The summed E-state index contributed by atoms with van der Waals surface area (Å²) in [5.41, 5.74) is 6.66. The Bertz CT molecular complexity index is 1450. The first-order valence-corrected chi connectivity index (χ1v) is 15.0. The molecule has 2 aromatic rings. The van der Waals surface area contributed by atoms with Gasteiger partial charge >= 0.3 is 11.9 Å². The van der Waals surface area contributed by atoms with E-state index in [1.807, 2.05) is 36.1 Å². The standard InChI is InChI=1S/C25H28ClN7O7S2/c1-12(23(36)37)40-31-16(15-19(26)42-25(27)30-15)20(34)29-17-21(35)33-18(24(38)39)14(11-41-22(17)33)10-32-8-5-13(6-9-32)4-3-7-28-2/h5-6,8-9,12,17,22,28H,3-4,7,10-11H2,1-2H3,(H4-,27,29,30,34,36,37,38,39)/p+1/b31-16-/t12-,17+,22+/m0/s1. The number of rotatable bonds is 13. The third kappa shape index (κ3) is 6.83. The van der Waals surface area contributed by atoms with Crippen molar-refractivity contribution in [2.45, 2.75) is 43.8 Å². The largest absolute Gasteiger partial charge is 0.478 e. The zero-order valence-corrected chi connectivity index (χ0v) is 25.0. The number of oxime groups is 1. The lowest BCUT2D eigenvalue weighted by Crippen LogP contribution is -2.71. The first kappa shape index (κ1) is 31.2. The molecule has 42 heavy (non-hydrogen) atoms. The second kappa shape index (κ2) is 13.5. The van der Waals surface area contributed by atoms with Gasteiger partial charge in [0.25, 0.3) is 11.8 Å². The Kier molecular flexibility index (Phi) is 10.0. The molecule has 0 saturated carbocycles. The van der Waals surface area contributed by atoms with Crippen LogP contribution in [-0.2, 0) is 37.0 Å². The van der Waals surface area contributed by atoms with E-state index < -0.39 is 47.0 Å². The number of carboxylic acid groups (broad SMARTS) is 2. The second-order valence-corrected chi connectivity index (χ2v) is 12.1. The van der Waals surface area contributed by atoms with E-state index in [1.54, 1.807) is 0 Å². The fraction of sp³-hybridized carbons (Fsp3) is 0.400. The molecule has 0 radical (unpaired) electrons. The number of aliphatic carboxylic acids is 2. The van der Waals surface area contributed by atoms with Gasteiger partial charge in [0.15, 0.2) is 29.8 Å². The van der Waals surface area contributed by atoms with Crippen molar-refractivity contribution in [3.8, 4) is 0 Å². The van der Waals surface area contributed by atoms with Crippen molar-refractivity contribution in [1.29, 1.82) is 0 Å². The number of amides is 2. The van der Waals surface area contributed by atoms with Crippen LogP contribution in [0.2, 0.25) is 4.34 Å². The molecule has 14 nitrogen and oxygen atoms in total. The maximum Gasteiger partial charge on any atom is 0.352 e. The normalized spacial score (nSPS) is 19.2. The molecule has 1 fully saturated rings. The number of fused-ring (bicyclic) bond motifs is 1. The number of carboxylic acids is 2. The number of aromatic nitrogens is 2. The van der Waals surface area contributed by atoms with Crippen molar-refractivity contribution in [3.05, 3.63) is 51.4 Å². The third-order valence-electron chi connectivity index (χ3n) is 6.45. The SMILES string of the molecule is CNCCCc1cc[n+](CC2=C(C(=O)O)N3C(=O)[C@@H](NC(=O)/C(=N\O[C@@H](C)C(=O)O)c4nc(N)sc4Cl)[C@H]3SC2)cc1. The summed E-state index contributed by atoms with van der Waals surface area (Å²) in [5.74, 6) is -3.80. The third-order valence-corrected chi connectivity index (χ3v) is 8.88. The number of nitrogens with two attached hydrogens (primary N) is 1. The van der Waals surface area contributed by atoms with E-state index in [-0.39, 0.29) is 27.4 Å². The molecule has 4 rings (SSSR count). The molecule has 6 N–H and O–H groups in total. The molecule has 1 saturated heterocycles. The minimum Gasteiger partial charge on any atom is -0.478 e. The Balaban J connectivity index is 1.50. The van der Waals surface area contributed by atoms with Gasteiger partial charge in [-0.15, -0.1) is 11.8 Å². The first-order valence-electron chi connectivity index (χ1n) is 12.7. The molecule has 2 amide bonds. The van der Waals surface area contributed by atoms with E-state index in [0.29, 0.717) is 11.3 Å². The molecule has 0 aliphatic carbocycles. The number of thioether (sulfide) groups is 1. The number of halogens is 1. The molecule has 2 aliphatic rings. The number of nitrogens with one attached hydrogen (secondary N) is 2. The van der Waals surface area contributed by atoms with Crippen molar-refractivity contribution in [2.75, 3.05) is 25.1 Å². The number of carbonyl (C=O) groups excluding carboxylic acids is 2. The average Bonchev–Trinajstić information content (AvgIpc) is 3.29. The Morgan fingerprint density at radius 2 is 2.05 bits per heavy atom. The lowest BCUT2D eigenvalue weighted by atomic mass is 10.0. The minimum absolute atomic E-state index is 0.00539. The van der Waals surface area contributed by atoms with Crippen LogP contribution in [0.1, 0.15) is 24.6 Å². The number of β-lactam (4-membered cyclic amide) rings is 1. The van der Waals surface area contributed by atoms with E-state index in [1.165, 1.54) is 18.7 Å². The number of pyridine rings is 1. The first-order chi connectivity index (χ1) is 20.0. The van der Waals surface area contributed by atoms with E-state index in [2.05, 4.69) is 20.8 Å². The van der Waals surface area contributed by atoms with E-state index in [9.17, 15) is 24.3 Å². The molecule has 3 atom stereocenters. The van der Waals surface area contributed by atoms with Gasteiger partial charge in [-0.3, -0.25) is 14.5 Å². The summed E-state index contributed by atoms with van der Waals surface area (Å²) in [6.07, 6.45) is 4.27. The van der Waals surface area contributed by atoms with Crippen LogP contribution in [0.3, 0.4) is 0 Å². The molecular formula is C25H29ClN7O7S2+. The zero-order chi connectivity index (χ0) is 30.6. The summed E-state index contributed by atoms with van der Waals surface area (Å²) in [6, 6.07) is 2.88. The van der Waals surface area contributed by atoms with E-state index in [0.717, 1.165) is 41.2 Å². The number of aryl methyl sites for hydroxylation is 1. The van der Waals surface area contributed by atoms with E-state index in [4.69, 9.17) is 27.3 Å². The fourth-order valence-corrected chi connectivity index (χ4v) is 6.56. The van der Waals surface area contributed by atoms with Crippen LogP contribution in [0, 0.1) is 0 Å². The highest BCUT2D eigenvalue weighted by Crippen LogP contribution is 2.40. The molecule has 4 heterocycles. The van der Waals surface area contributed by atoms with Crippen LogP contribution in [0.4, 0.5) is 5.13 Å². The van der Waals surface area contributed by atoms with Gasteiger partial charge < -0.3 is 31.4 Å². The van der Waals surface area contributed by atoms with Gasteiger partial charge in [0.2, 0.25) is 6.10 Å². The van der Waals surface area contributed by atoms with Gasteiger partial charge in [0.05, 0.1) is 0 Å². The molecule has 0 bridgehead atoms. The van der Waals surface area contributed by atoms with Gasteiger partial charge in [-0.25, -0.2) is 19.1 Å². The van der Waals surface area contributed by atoms with Crippen LogP contribution in [0.15, 0.2) is 41.0 Å². The van der Waals surface area contributed by atoms with Gasteiger partial charge in [-0.2, -0.15) is 0 Å². The van der Waals surface area contributed by atoms with Gasteiger partial charge in [0, 0.05) is 23.5 Å². The van der Waals surface area contributed by atoms with Crippen LogP contribution < -0.4 is 20.9 Å². The lowest BCUT2D eigenvalue weighted by Gasteiger charge is -2.49. The summed E-state index contributed by atoms with van der Waals surface area (Å²) in [6.45, 7) is 2.39. The maximum atomic E-state index is 13.2. The number of nitrogens with zero attached hydrogens (tertiary/aromatic N) is 4. The van der Waals surface area contributed by atoms with Gasteiger partial charge in [-0.1, -0.05) is 28.1 Å². The number of thiazole rings is 1. The zero-order valence-electron chi connectivity index (χ0n) is 22.6. The average molecular weight is 639 g/mol. The van der Waals surface area contributed by atoms with Crippen LogP contribution in [0.25, 0.3) is 0 Å². The smallest absolute Gasteiger partial charge is 0.352 e. The number of hydrogen-bond donors (Lipinski definition) is 5. The quantitative estimate of drug-likeness (QED) is 0.0670. The Labute approximate surface area is 253 Å². The molecule has 0 spiro atoms. The number of nitrogen functional groups attached to an aromatic ring is 1. The summed E-state index contributed by atoms with van der Waals surface area (Å²) in [7, 11) is 1.90. The number of anilines is 1. The summed E-state index contributed by atoms with van der Waals surface area (Å²) in [5, 5.41) is 27.7. The maximum absolute atomic E-state index is 13.2. The van der Waals surface area contributed by atoms with Crippen molar-refractivity contribution >= 4 is 69.3 Å². The summed E-state index contributed by atoms with van der Waals surface area (Å²) in [4.78, 5) is 59.9. The molecule has 0 unspecified atom stereocenters. The molecule has 2 aromatic heterocycles.